The third kappa shape index (κ3) is 4.57. The lowest BCUT2D eigenvalue weighted by Crippen LogP contribution is -2.31. The third-order valence-corrected chi connectivity index (χ3v) is 4.51. The molecule has 132 valence electrons. The number of nitrogens with zero attached hydrogens (tertiary/aromatic N) is 2. The number of rotatable bonds is 7. The molecule has 1 N–H and O–H groups in total. The van der Waals surface area contributed by atoms with Gasteiger partial charge in [0.05, 0.1) is 23.9 Å². The standard InChI is InChI=1S/C20H25N3O2/c1-2-25-20(24)17-12-18(14-21-13-17)22-15-19(23-10-6-7-11-23)16-8-4-3-5-9-16/h3-5,8-9,12-14,19,22H,2,6-7,10-11,15H2,1H3. The number of pyridine rings is 1. The van der Waals surface area contributed by atoms with Crippen LogP contribution in [0.15, 0.2) is 48.8 Å². The summed E-state index contributed by atoms with van der Waals surface area (Å²) in [7, 11) is 0. The van der Waals surface area contributed by atoms with Crippen LogP contribution >= 0.6 is 0 Å². The Balaban J connectivity index is 1.71. The van der Waals surface area contributed by atoms with Gasteiger partial charge in [-0.05, 0) is 44.5 Å². The van der Waals surface area contributed by atoms with Crippen LogP contribution < -0.4 is 5.32 Å². The topological polar surface area (TPSA) is 54.5 Å². The van der Waals surface area contributed by atoms with Gasteiger partial charge in [-0.15, -0.1) is 0 Å². The van der Waals surface area contributed by atoms with Gasteiger partial charge in [0.25, 0.3) is 0 Å². The summed E-state index contributed by atoms with van der Waals surface area (Å²) in [4.78, 5) is 18.5. The summed E-state index contributed by atoms with van der Waals surface area (Å²) in [6.45, 7) is 5.19. The van der Waals surface area contributed by atoms with Crippen LogP contribution in [0.4, 0.5) is 5.69 Å². The second-order valence-corrected chi connectivity index (χ2v) is 6.23. The highest BCUT2D eigenvalue weighted by atomic mass is 16.5. The predicted octanol–water partition coefficient (Wildman–Crippen LogP) is 3.51. The van der Waals surface area contributed by atoms with Gasteiger partial charge in [0.1, 0.15) is 0 Å². The lowest BCUT2D eigenvalue weighted by atomic mass is 10.1. The maximum absolute atomic E-state index is 11.9. The molecule has 2 aromatic rings. The van der Waals surface area contributed by atoms with Crippen LogP contribution in [0.25, 0.3) is 0 Å². The highest BCUT2D eigenvalue weighted by molar-refractivity contribution is 5.90. The molecule has 25 heavy (non-hydrogen) atoms. The molecule has 0 radical (unpaired) electrons. The van der Waals surface area contributed by atoms with E-state index in [1.54, 1.807) is 25.4 Å². The molecule has 1 atom stereocenters. The van der Waals surface area contributed by atoms with Crippen molar-refractivity contribution in [2.24, 2.45) is 0 Å². The molecule has 1 aliphatic rings. The van der Waals surface area contributed by atoms with E-state index in [-0.39, 0.29) is 5.97 Å². The van der Waals surface area contributed by atoms with Crippen LogP contribution in [0.1, 0.15) is 41.7 Å². The molecule has 1 aromatic heterocycles. The Morgan fingerprint density at radius 2 is 2.00 bits per heavy atom. The molecule has 1 aliphatic heterocycles. The van der Waals surface area contributed by atoms with Crippen LogP contribution in [0, 0.1) is 0 Å². The molecule has 1 unspecified atom stereocenters. The minimum atomic E-state index is -0.335. The van der Waals surface area contributed by atoms with Crippen LogP contribution in [0.2, 0.25) is 0 Å². The van der Waals surface area contributed by atoms with Gasteiger partial charge in [-0.2, -0.15) is 0 Å². The summed E-state index contributed by atoms with van der Waals surface area (Å²) in [5.41, 5.74) is 2.63. The van der Waals surface area contributed by atoms with Crippen molar-refractivity contribution >= 4 is 11.7 Å². The first kappa shape index (κ1) is 17.4. The van der Waals surface area contributed by atoms with E-state index in [2.05, 4.69) is 39.5 Å². The number of hydrogen-bond donors (Lipinski definition) is 1. The van der Waals surface area contributed by atoms with Gasteiger partial charge < -0.3 is 10.1 Å². The summed E-state index contributed by atoms with van der Waals surface area (Å²) in [6.07, 6.45) is 5.79. The Labute approximate surface area is 149 Å². The Kier molecular flexibility index (Phi) is 6.01. The minimum absolute atomic E-state index is 0.315. The second kappa shape index (κ2) is 8.62. The summed E-state index contributed by atoms with van der Waals surface area (Å²) >= 11 is 0. The molecule has 0 bridgehead atoms. The van der Waals surface area contributed by atoms with Crippen molar-refractivity contribution < 1.29 is 9.53 Å². The summed E-state index contributed by atoms with van der Waals surface area (Å²) in [5.74, 6) is -0.335. The first-order chi connectivity index (χ1) is 12.3. The number of ether oxygens (including phenoxy) is 1. The van der Waals surface area contributed by atoms with Gasteiger partial charge in [0.2, 0.25) is 0 Å². The van der Waals surface area contributed by atoms with Gasteiger partial charge in [-0.1, -0.05) is 30.3 Å². The van der Waals surface area contributed by atoms with E-state index in [0.717, 1.165) is 25.3 Å². The summed E-state index contributed by atoms with van der Waals surface area (Å²) in [5, 5.41) is 3.45. The fourth-order valence-corrected chi connectivity index (χ4v) is 3.26. The lowest BCUT2D eigenvalue weighted by molar-refractivity contribution is 0.0526. The van der Waals surface area contributed by atoms with Gasteiger partial charge in [0, 0.05) is 18.9 Å². The molecule has 1 fully saturated rings. The van der Waals surface area contributed by atoms with E-state index in [4.69, 9.17) is 4.74 Å². The molecule has 2 heterocycles. The fourth-order valence-electron chi connectivity index (χ4n) is 3.26. The van der Waals surface area contributed by atoms with Crippen LogP contribution in [0.5, 0.6) is 0 Å². The Hall–Kier alpha value is -2.40. The number of likely N-dealkylation sites (tertiary alicyclic amines) is 1. The van der Waals surface area contributed by atoms with E-state index in [9.17, 15) is 4.79 Å². The zero-order chi connectivity index (χ0) is 17.5. The van der Waals surface area contributed by atoms with E-state index in [1.807, 2.05) is 6.07 Å². The zero-order valence-electron chi connectivity index (χ0n) is 14.6. The van der Waals surface area contributed by atoms with Crippen molar-refractivity contribution in [3.63, 3.8) is 0 Å². The van der Waals surface area contributed by atoms with Crippen LogP contribution in [-0.4, -0.2) is 42.1 Å². The van der Waals surface area contributed by atoms with E-state index in [1.165, 1.54) is 18.4 Å². The molecule has 0 spiro atoms. The van der Waals surface area contributed by atoms with Gasteiger partial charge in [0.15, 0.2) is 0 Å². The summed E-state index contributed by atoms with van der Waals surface area (Å²) in [6, 6.07) is 12.7. The van der Waals surface area contributed by atoms with Crippen LogP contribution in [0.3, 0.4) is 0 Å². The fraction of sp³-hybridized carbons (Fsp3) is 0.400. The molecule has 1 aromatic carbocycles. The molecule has 1 saturated heterocycles. The summed E-state index contributed by atoms with van der Waals surface area (Å²) < 4.78 is 5.04. The number of aromatic nitrogens is 1. The highest BCUT2D eigenvalue weighted by Crippen LogP contribution is 2.25. The number of carbonyl (C=O) groups excluding carboxylic acids is 1. The maximum Gasteiger partial charge on any atom is 0.339 e. The predicted molar refractivity (Wildman–Crippen MR) is 98.7 cm³/mol. The van der Waals surface area contributed by atoms with Crippen molar-refractivity contribution in [3.8, 4) is 0 Å². The van der Waals surface area contributed by atoms with E-state index < -0.39 is 0 Å². The Morgan fingerprint density at radius 1 is 1.24 bits per heavy atom. The third-order valence-electron chi connectivity index (χ3n) is 4.51. The first-order valence-corrected chi connectivity index (χ1v) is 8.93. The maximum atomic E-state index is 11.9. The SMILES string of the molecule is CCOC(=O)c1cncc(NCC(c2ccccc2)N2CCCC2)c1. The Morgan fingerprint density at radius 3 is 2.72 bits per heavy atom. The highest BCUT2D eigenvalue weighted by Gasteiger charge is 2.23. The van der Waals surface area contributed by atoms with E-state index >= 15 is 0 Å². The van der Waals surface area contributed by atoms with Crippen molar-refractivity contribution in [3.05, 3.63) is 59.9 Å². The molecule has 0 aliphatic carbocycles. The monoisotopic (exact) mass is 339 g/mol. The lowest BCUT2D eigenvalue weighted by Gasteiger charge is -2.28. The minimum Gasteiger partial charge on any atom is -0.462 e. The molecule has 0 amide bonds. The number of nitrogens with one attached hydrogen (secondary N) is 1. The van der Waals surface area contributed by atoms with Crippen molar-refractivity contribution in [2.75, 3.05) is 31.6 Å². The van der Waals surface area contributed by atoms with Gasteiger partial charge >= 0.3 is 5.97 Å². The normalized spacial score (nSPS) is 15.7. The second-order valence-electron chi connectivity index (χ2n) is 6.23. The largest absolute Gasteiger partial charge is 0.462 e. The molecular weight excluding hydrogens is 314 g/mol. The Bertz CT molecular complexity index is 684. The van der Waals surface area contributed by atoms with Gasteiger partial charge in [-0.3, -0.25) is 9.88 Å². The van der Waals surface area contributed by atoms with Gasteiger partial charge in [-0.25, -0.2) is 4.79 Å². The van der Waals surface area contributed by atoms with Crippen molar-refractivity contribution in [1.82, 2.24) is 9.88 Å². The van der Waals surface area contributed by atoms with Crippen molar-refractivity contribution in [2.45, 2.75) is 25.8 Å². The zero-order valence-corrected chi connectivity index (χ0v) is 14.6. The molecule has 5 nitrogen and oxygen atoms in total. The molecule has 0 saturated carbocycles. The molecule has 3 rings (SSSR count). The van der Waals surface area contributed by atoms with Crippen LogP contribution in [-0.2, 0) is 4.74 Å². The quantitative estimate of drug-likeness (QED) is 0.783. The van der Waals surface area contributed by atoms with E-state index in [0.29, 0.717) is 18.2 Å². The number of benzene rings is 1. The number of carbonyl (C=O) groups is 1. The number of esters is 1. The average molecular weight is 339 g/mol. The molecular formula is C20H25N3O2. The average Bonchev–Trinajstić information content (AvgIpc) is 3.18. The molecule has 5 heteroatoms. The smallest absolute Gasteiger partial charge is 0.339 e. The number of anilines is 1. The van der Waals surface area contributed by atoms with Crippen molar-refractivity contribution in [1.29, 1.82) is 0 Å². The number of hydrogen-bond acceptors (Lipinski definition) is 5. The first-order valence-electron chi connectivity index (χ1n) is 8.93.